The highest BCUT2D eigenvalue weighted by Crippen LogP contribution is 2.36. The average molecular weight is 254 g/mol. The third-order valence-electron chi connectivity index (χ3n) is 2.89. The van der Waals surface area contributed by atoms with E-state index in [1.807, 2.05) is 27.7 Å². The Bertz CT molecular complexity index is 356. The molecule has 0 aliphatic carbocycles. The predicted molar refractivity (Wildman–Crippen MR) is 69.9 cm³/mol. The van der Waals surface area contributed by atoms with E-state index in [0.29, 0.717) is 24.3 Å². The summed E-state index contributed by atoms with van der Waals surface area (Å²) in [5.41, 5.74) is 1.33. The first-order valence-electron chi connectivity index (χ1n) is 6.30. The Morgan fingerprint density at radius 1 is 0.889 bits per heavy atom. The molecule has 1 aromatic rings. The lowest BCUT2D eigenvalue weighted by Crippen LogP contribution is -2.04. The number of hydrogen-bond donors (Lipinski definition) is 2. The summed E-state index contributed by atoms with van der Waals surface area (Å²) in [5, 5.41) is 19.7. The van der Waals surface area contributed by atoms with Gasteiger partial charge in [0.05, 0.1) is 12.2 Å². The molecule has 1 aromatic carbocycles. The Hall–Kier alpha value is -1.26. The Morgan fingerprint density at radius 2 is 1.28 bits per heavy atom. The lowest BCUT2D eigenvalue weighted by molar-refractivity contribution is 0.0695. The van der Waals surface area contributed by atoms with Crippen LogP contribution in [-0.2, 0) is 9.47 Å². The second-order valence-corrected chi connectivity index (χ2v) is 4.16. The van der Waals surface area contributed by atoms with Crippen LogP contribution in [0.2, 0.25) is 0 Å². The van der Waals surface area contributed by atoms with Gasteiger partial charge in [0.25, 0.3) is 0 Å². The number of aromatic hydroxyl groups is 2. The number of benzene rings is 1. The maximum absolute atomic E-state index is 9.84. The largest absolute Gasteiger partial charge is 0.507 e. The molecule has 0 radical (unpaired) electrons. The minimum absolute atomic E-state index is 0.0425. The van der Waals surface area contributed by atoms with Crippen LogP contribution in [0, 0.1) is 0 Å². The van der Waals surface area contributed by atoms with Crippen molar-refractivity contribution in [1.29, 1.82) is 0 Å². The van der Waals surface area contributed by atoms with Crippen molar-refractivity contribution in [2.75, 3.05) is 13.2 Å². The summed E-state index contributed by atoms with van der Waals surface area (Å²) in [6.45, 7) is 8.67. The second-order valence-electron chi connectivity index (χ2n) is 4.16. The van der Waals surface area contributed by atoms with Crippen LogP contribution in [0.15, 0.2) is 12.1 Å². The van der Waals surface area contributed by atoms with E-state index in [0.717, 1.165) is 0 Å². The average Bonchev–Trinajstić information content (AvgIpc) is 2.29. The molecule has 0 fully saturated rings. The Labute approximate surface area is 108 Å². The summed E-state index contributed by atoms with van der Waals surface area (Å²) in [6.07, 6.45) is -0.439. The molecule has 2 unspecified atom stereocenters. The lowest BCUT2D eigenvalue weighted by Gasteiger charge is -2.19. The van der Waals surface area contributed by atoms with E-state index in [2.05, 4.69) is 0 Å². The van der Waals surface area contributed by atoms with Crippen LogP contribution >= 0.6 is 0 Å². The molecule has 0 aromatic heterocycles. The predicted octanol–water partition coefficient (Wildman–Crippen LogP) is 3.29. The van der Waals surface area contributed by atoms with Crippen LogP contribution in [-0.4, -0.2) is 23.4 Å². The standard InChI is InChI=1S/C14H22O4/c1-5-17-9(3)11-7-12(10(4)18-6-2)14(16)8-13(11)15/h7-10,15-16H,5-6H2,1-4H3. The first kappa shape index (κ1) is 14.8. The minimum atomic E-state index is -0.219. The molecule has 0 spiro atoms. The molecule has 0 heterocycles. The van der Waals surface area contributed by atoms with E-state index < -0.39 is 0 Å². The van der Waals surface area contributed by atoms with Gasteiger partial charge in [-0.05, 0) is 33.8 Å². The molecular weight excluding hydrogens is 232 g/mol. The Morgan fingerprint density at radius 3 is 1.61 bits per heavy atom. The lowest BCUT2D eigenvalue weighted by atomic mass is 10.0. The number of hydrogen-bond acceptors (Lipinski definition) is 4. The van der Waals surface area contributed by atoms with Crippen molar-refractivity contribution < 1.29 is 19.7 Å². The zero-order valence-electron chi connectivity index (χ0n) is 11.4. The fourth-order valence-electron chi connectivity index (χ4n) is 1.94. The van der Waals surface area contributed by atoms with Crippen LogP contribution in [0.4, 0.5) is 0 Å². The van der Waals surface area contributed by atoms with Gasteiger partial charge in [0.15, 0.2) is 0 Å². The number of rotatable bonds is 6. The van der Waals surface area contributed by atoms with Crippen molar-refractivity contribution in [2.24, 2.45) is 0 Å². The highest BCUT2D eigenvalue weighted by molar-refractivity contribution is 5.47. The number of phenols is 2. The first-order chi connectivity index (χ1) is 8.51. The van der Waals surface area contributed by atoms with Gasteiger partial charge in [0.2, 0.25) is 0 Å². The minimum Gasteiger partial charge on any atom is -0.507 e. The molecule has 0 saturated carbocycles. The van der Waals surface area contributed by atoms with E-state index >= 15 is 0 Å². The summed E-state index contributed by atoms with van der Waals surface area (Å²) >= 11 is 0. The van der Waals surface area contributed by atoms with Gasteiger partial charge in [0, 0.05) is 30.4 Å². The van der Waals surface area contributed by atoms with Gasteiger partial charge >= 0.3 is 0 Å². The van der Waals surface area contributed by atoms with Crippen molar-refractivity contribution in [3.05, 3.63) is 23.3 Å². The SMILES string of the molecule is CCOC(C)c1cc(C(C)OCC)c(O)cc1O. The van der Waals surface area contributed by atoms with Crippen LogP contribution in [0.3, 0.4) is 0 Å². The molecule has 1 rings (SSSR count). The van der Waals surface area contributed by atoms with Gasteiger partial charge in [-0.25, -0.2) is 0 Å². The molecular formula is C14H22O4. The Balaban J connectivity index is 3.09. The molecule has 0 amide bonds. The molecule has 0 aliphatic rings. The fraction of sp³-hybridized carbons (Fsp3) is 0.571. The molecule has 0 bridgehead atoms. The number of ether oxygens (including phenoxy) is 2. The van der Waals surface area contributed by atoms with Gasteiger partial charge in [0.1, 0.15) is 11.5 Å². The van der Waals surface area contributed by atoms with E-state index in [9.17, 15) is 10.2 Å². The summed E-state index contributed by atoms with van der Waals surface area (Å²) in [7, 11) is 0. The summed E-state index contributed by atoms with van der Waals surface area (Å²) in [6, 6.07) is 3.08. The highest BCUT2D eigenvalue weighted by atomic mass is 16.5. The third-order valence-corrected chi connectivity index (χ3v) is 2.89. The fourth-order valence-corrected chi connectivity index (χ4v) is 1.94. The zero-order valence-corrected chi connectivity index (χ0v) is 11.4. The van der Waals surface area contributed by atoms with Crippen molar-refractivity contribution in [3.8, 4) is 11.5 Å². The van der Waals surface area contributed by atoms with E-state index in [4.69, 9.17) is 9.47 Å². The topological polar surface area (TPSA) is 58.9 Å². The smallest absolute Gasteiger partial charge is 0.125 e. The molecule has 0 saturated heterocycles. The normalized spacial score (nSPS) is 14.4. The molecule has 18 heavy (non-hydrogen) atoms. The molecule has 102 valence electrons. The summed E-state index contributed by atoms with van der Waals surface area (Å²) in [5.74, 6) is 0.0850. The van der Waals surface area contributed by atoms with Crippen LogP contribution < -0.4 is 0 Å². The summed E-state index contributed by atoms with van der Waals surface area (Å²) < 4.78 is 10.9. The monoisotopic (exact) mass is 254 g/mol. The van der Waals surface area contributed by atoms with Crippen LogP contribution in [0.25, 0.3) is 0 Å². The number of phenolic OH excluding ortho intramolecular Hbond substituents is 2. The zero-order chi connectivity index (χ0) is 13.7. The highest BCUT2D eigenvalue weighted by Gasteiger charge is 2.18. The maximum Gasteiger partial charge on any atom is 0.125 e. The van der Waals surface area contributed by atoms with E-state index in [1.165, 1.54) is 6.07 Å². The van der Waals surface area contributed by atoms with Gasteiger partial charge in [-0.2, -0.15) is 0 Å². The van der Waals surface area contributed by atoms with Crippen molar-refractivity contribution in [1.82, 2.24) is 0 Å². The van der Waals surface area contributed by atoms with Crippen molar-refractivity contribution in [2.45, 2.75) is 39.9 Å². The third kappa shape index (κ3) is 3.37. The molecule has 4 nitrogen and oxygen atoms in total. The van der Waals surface area contributed by atoms with Gasteiger partial charge < -0.3 is 19.7 Å². The van der Waals surface area contributed by atoms with Crippen LogP contribution in [0.1, 0.15) is 51.0 Å². The van der Waals surface area contributed by atoms with Crippen LogP contribution in [0.5, 0.6) is 11.5 Å². The van der Waals surface area contributed by atoms with Gasteiger partial charge in [-0.15, -0.1) is 0 Å². The Kier molecular flexibility index (Phi) is 5.44. The molecule has 2 atom stereocenters. The molecule has 0 aliphatic heterocycles. The molecule has 4 heteroatoms. The van der Waals surface area contributed by atoms with Gasteiger partial charge in [-0.3, -0.25) is 0 Å². The van der Waals surface area contributed by atoms with E-state index in [1.54, 1.807) is 6.07 Å². The second kappa shape index (κ2) is 6.61. The molecule has 2 N–H and O–H groups in total. The van der Waals surface area contributed by atoms with E-state index in [-0.39, 0.29) is 23.7 Å². The summed E-state index contributed by atoms with van der Waals surface area (Å²) in [4.78, 5) is 0. The van der Waals surface area contributed by atoms with Crippen molar-refractivity contribution in [3.63, 3.8) is 0 Å². The van der Waals surface area contributed by atoms with Crippen molar-refractivity contribution >= 4 is 0 Å². The van der Waals surface area contributed by atoms with Gasteiger partial charge in [-0.1, -0.05) is 0 Å². The first-order valence-corrected chi connectivity index (χ1v) is 6.30. The quantitative estimate of drug-likeness (QED) is 0.817. The maximum atomic E-state index is 9.84.